The maximum atomic E-state index is 13.1. The molecule has 7 nitrogen and oxygen atoms in total. The third-order valence-electron chi connectivity index (χ3n) is 5.60. The van der Waals surface area contributed by atoms with Crippen LogP contribution in [0.4, 0.5) is 0 Å². The number of Topliss-reactive ketones (excluding diaryl/α,β-unsaturated/α-hetero) is 1. The maximum Gasteiger partial charge on any atom is 0.295 e. The molecule has 1 amide bonds. The number of aryl methyl sites for hydroxylation is 1. The summed E-state index contributed by atoms with van der Waals surface area (Å²) in [6.45, 7) is 4.99. The van der Waals surface area contributed by atoms with Gasteiger partial charge in [0.1, 0.15) is 18.1 Å². The number of aliphatic hydroxyl groups is 1. The molecule has 1 aromatic heterocycles. The quantitative estimate of drug-likeness (QED) is 0.190. The van der Waals surface area contributed by atoms with Crippen molar-refractivity contribution in [3.05, 3.63) is 101 Å². The summed E-state index contributed by atoms with van der Waals surface area (Å²) in [5.41, 5.74) is 1.26. The van der Waals surface area contributed by atoms with Gasteiger partial charge in [0.25, 0.3) is 11.7 Å². The molecule has 1 aliphatic rings. The van der Waals surface area contributed by atoms with Gasteiger partial charge in [-0.05, 0) is 48.4 Å². The summed E-state index contributed by atoms with van der Waals surface area (Å²) in [6, 6.07) is 13.5. The van der Waals surface area contributed by atoms with Crippen LogP contribution >= 0.6 is 15.9 Å². The fraction of sp³-hybridized carbons (Fsp3) is 0.192. The smallest absolute Gasteiger partial charge is 0.295 e. The number of hydrogen-bond donors (Lipinski definition) is 1. The van der Waals surface area contributed by atoms with Crippen LogP contribution in [0.1, 0.15) is 23.6 Å². The average Bonchev–Trinajstić information content (AvgIpc) is 3.45. The van der Waals surface area contributed by atoms with E-state index in [1.54, 1.807) is 42.9 Å². The Morgan fingerprint density at radius 1 is 1.12 bits per heavy atom. The molecule has 0 aliphatic carbocycles. The average molecular weight is 522 g/mol. The Hall–Kier alpha value is -3.65. The molecule has 34 heavy (non-hydrogen) atoms. The Bertz CT molecular complexity index is 1200. The molecule has 1 saturated heterocycles. The van der Waals surface area contributed by atoms with E-state index in [4.69, 9.17) is 4.74 Å². The second-order valence-corrected chi connectivity index (χ2v) is 8.74. The van der Waals surface area contributed by atoms with Gasteiger partial charge in [-0.1, -0.05) is 40.7 Å². The Morgan fingerprint density at radius 3 is 2.50 bits per heavy atom. The number of ether oxygens (including phenoxy) is 1. The molecule has 2 heterocycles. The molecular weight excluding hydrogens is 498 g/mol. The Morgan fingerprint density at radius 2 is 1.85 bits per heavy atom. The van der Waals surface area contributed by atoms with E-state index in [1.807, 2.05) is 35.0 Å². The largest absolute Gasteiger partial charge is 0.507 e. The molecule has 1 aliphatic heterocycles. The van der Waals surface area contributed by atoms with Gasteiger partial charge in [-0.3, -0.25) is 9.59 Å². The number of imidazole rings is 1. The lowest BCUT2D eigenvalue weighted by Gasteiger charge is -2.25. The number of amides is 1. The van der Waals surface area contributed by atoms with E-state index in [0.717, 1.165) is 10.0 Å². The summed E-state index contributed by atoms with van der Waals surface area (Å²) >= 11 is 3.43. The summed E-state index contributed by atoms with van der Waals surface area (Å²) in [5.74, 6) is -0.911. The highest BCUT2D eigenvalue weighted by atomic mass is 79.9. The molecular formula is C26H24BrN3O4. The molecule has 1 N–H and O–H groups in total. The van der Waals surface area contributed by atoms with Crippen LogP contribution in [0.3, 0.4) is 0 Å². The standard InChI is InChI=1S/C26H24BrN3O4/c1-2-16-34-21-10-6-19(7-11-21)24(31)22-23(18-4-8-20(27)9-5-18)30(26(33)25(22)32)14-3-13-29-15-12-28-17-29/h2,4-12,15,17,23,31H,1,3,13-14,16H2/t23-/m1/s1. The van der Waals surface area contributed by atoms with Crippen LogP contribution in [0.2, 0.25) is 0 Å². The first kappa shape index (κ1) is 23.5. The van der Waals surface area contributed by atoms with Gasteiger partial charge in [-0.15, -0.1) is 0 Å². The van der Waals surface area contributed by atoms with Crippen LogP contribution < -0.4 is 4.74 Å². The zero-order valence-corrected chi connectivity index (χ0v) is 20.0. The number of likely N-dealkylation sites (tertiary alicyclic amines) is 1. The number of aliphatic hydroxyl groups excluding tert-OH is 1. The van der Waals surface area contributed by atoms with Crippen molar-refractivity contribution in [2.24, 2.45) is 0 Å². The van der Waals surface area contributed by atoms with Crippen LogP contribution in [-0.4, -0.2) is 44.4 Å². The lowest BCUT2D eigenvalue weighted by Crippen LogP contribution is -2.31. The maximum absolute atomic E-state index is 13.1. The van der Waals surface area contributed by atoms with Crippen LogP contribution in [0.25, 0.3) is 5.76 Å². The van der Waals surface area contributed by atoms with Crippen LogP contribution in [0.5, 0.6) is 5.75 Å². The number of aromatic nitrogens is 2. The number of halogens is 1. The summed E-state index contributed by atoms with van der Waals surface area (Å²) in [6.07, 6.45) is 7.53. The van der Waals surface area contributed by atoms with Gasteiger partial charge in [-0.25, -0.2) is 4.98 Å². The first-order valence-corrected chi connectivity index (χ1v) is 11.6. The van der Waals surface area contributed by atoms with Gasteiger partial charge in [0.2, 0.25) is 0 Å². The first-order chi connectivity index (χ1) is 16.5. The molecule has 0 radical (unpaired) electrons. The van der Waals surface area contributed by atoms with Gasteiger partial charge in [-0.2, -0.15) is 0 Å². The van der Waals surface area contributed by atoms with E-state index >= 15 is 0 Å². The molecule has 4 rings (SSSR count). The number of rotatable bonds is 9. The monoisotopic (exact) mass is 521 g/mol. The van der Waals surface area contributed by atoms with Crippen molar-refractivity contribution >= 4 is 33.4 Å². The van der Waals surface area contributed by atoms with Gasteiger partial charge in [0, 0.05) is 35.5 Å². The fourth-order valence-corrected chi connectivity index (χ4v) is 4.23. The molecule has 0 unspecified atom stereocenters. The highest BCUT2D eigenvalue weighted by molar-refractivity contribution is 9.10. The number of hydrogen-bond acceptors (Lipinski definition) is 5. The van der Waals surface area contributed by atoms with Crippen molar-refractivity contribution in [2.45, 2.75) is 19.0 Å². The minimum Gasteiger partial charge on any atom is -0.507 e. The van der Waals surface area contributed by atoms with E-state index in [0.29, 0.717) is 37.4 Å². The molecule has 0 bridgehead atoms. The van der Waals surface area contributed by atoms with Crippen LogP contribution in [0, 0.1) is 0 Å². The highest BCUT2D eigenvalue weighted by Gasteiger charge is 2.45. The third-order valence-corrected chi connectivity index (χ3v) is 6.12. The van der Waals surface area contributed by atoms with E-state index < -0.39 is 17.7 Å². The fourth-order valence-electron chi connectivity index (χ4n) is 3.96. The van der Waals surface area contributed by atoms with Crippen LogP contribution in [0.15, 0.2) is 90.0 Å². The van der Waals surface area contributed by atoms with E-state index in [2.05, 4.69) is 27.5 Å². The van der Waals surface area contributed by atoms with Crippen molar-refractivity contribution in [3.8, 4) is 5.75 Å². The zero-order valence-electron chi connectivity index (χ0n) is 18.4. The molecule has 174 valence electrons. The van der Waals surface area contributed by atoms with Crippen molar-refractivity contribution in [3.63, 3.8) is 0 Å². The Kier molecular flexibility index (Phi) is 7.27. The minimum atomic E-state index is -0.694. The molecule has 0 saturated carbocycles. The SMILES string of the molecule is C=CCOc1ccc(C(O)=C2C(=O)C(=O)N(CCCn3ccnc3)[C@@H]2c2ccc(Br)cc2)cc1. The predicted octanol–water partition coefficient (Wildman–Crippen LogP) is 4.72. The van der Waals surface area contributed by atoms with E-state index in [9.17, 15) is 14.7 Å². The number of nitrogens with zero attached hydrogens (tertiary/aromatic N) is 3. The molecule has 3 aromatic rings. The lowest BCUT2D eigenvalue weighted by molar-refractivity contribution is -0.139. The van der Waals surface area contributed by atoms with Gasteiger partial charge in [0.15, 0.2) is 0 Å². The summed E-state index contributed by atoms with van der Waals surface area (Å²) < 4.78 is 8.29. The van der Waals surface area contributed by atoms with Crippen molar-refractivity contribution < 1.29 is 19.4 Å². The molecule has 0 spiro atoms. The normalized spacial score (nSPS) is 17.2. The highest BCUT2D eigenvalue weighted by Crippen LogP contribution is 2.40. The summed E-state index contributed by atoms with van der Waals surface area (Å²) in [7, 11) is 0. The van der Waals surface area contributed by atoms with Gasteiger partial charge in [0.05, 0.1) is 17.9 Å². The Balaban J connectivity index is 1.68. The minimum absolute atomic E-state index is 0.0784. The second kappa shape index (κ2) is 10.5. The molecule has 2 aromatic carbocycles. The number of carbonyl (C=O) groups is 2. The predicted molar refractivity (Wildman–Crippen MR) is 132 cm³/mol. The number of ketones is 1. The second-order valence-electron chi connectivity index (χ2n) is 7.82. The van der Waals surface area contributed by atoms with Gasteiger partial charge >= 0.3 is 0 Å². The summed E-state index contributed by atoms with van der Waals surface area (Å²) in [5, 5.41) is 11.2. The van der Waals surface area contributed by atoms with Crippen molar-refractivity contribution in [1.82, 2.24) is 14.5 Å². The summed E-state index contributed by atoms with van der Waals surface area (Å²) in [4.78, 5) is 31.7. The van der Waals surface area contributed by atoms with Crippen molar-refractivity contribution in [1.29, 1.82) is 0 Å². The topological polar surface area (TPSA) is 84.7 Å². The van der Waals surface area contributed by atoms with Crippen LogP contribution in [-0.2, 0) is 16.1 Å². The third kappa shape index (κ3) is 4.97. The number of carbonyl (C=O) groups excluding carboxylic acids is 2. The lowest BCUT2D eigenvalue weighted by atomic mass is 9.95. The zero-order chi connectivity index (χ0) is 24.1. The number of benzene rings is 2. The molecule has 1 fully saturated rings. The molecule has 8 heteroatoms. The Labute approximate surface area is 206 Å². The van der Waals surface area contributed by atoms with E-state index in [1.165, 1.54) is 4.90 Å². The van der Waals surface area contributed by atoms with E-state index in [-0.39, 0.29) is 11.3 Å². The molecule has 1 atom stereocenters. The van der Waals surface area contributed by atoms with Gasteiger partial charge < -0.3 is 19.3 Å². The van der Waals surface area contributed by atoms with Crippen molar-refractivity contribution in [2.75, 3.05) is 13.2 Å². The first-order valence-electron chi connectivity index (χ1n) is 10.8.